The molecule has 3 aromatic carbocycles. The monoisotopic (exact) mass is 574 g/mol. The third kappa shape index (κ3) is 6.31. The Morgan fingerprint density at radius 1 is 1.10 bits per heavy atom. The number of anilines is 1. The average molecular weight is 575 g/mol. The van der Waals surface area contributed by atoms with Crippen LogP contribution >= 0.6 is 11.6 Å². The molecule has 41 heavy (non-hydrogen) atoms. The molecule has 9 nitrogen and oxygen atoms in total. The quantitative estimate of drug-likeness (QED) is 0.180. The van der Waals surface area contributed by atoms with Crippen LogP contribution in [-0.2, 0) is 22.6 Å². The van der Waals surface area contributed by atoms with E-state index in [9.17, 15) is 19.2 Å². The van der Waals surface area contributed by atoms with Gasteiger partial charge in [0.15, 0.2) is 11.5 Å². The van der Waals surface area contributed by atoms with Crippen LogP contribution in [0.2, 0.25) is 5.02 Å². The van der Waals surface area contributed by atoms with Crippen molar-refractivity contribution in [3.8, 4) is 11.5 Å². The lowest BCUT2D eigenvalue weighted by Gasteiger charge is -2.27. The van der Waals surface area contributed by atoms with Crippen molar-refractivity contribution in [2.45, 2.75) is 26.9 Å². The number of hydrogen-bond acceptors (Lipinski definition) is 6. The van der Waals surface area contributed by atoms with Gasteiger partial charge in [0.25, 0.3) is 11.8 Å². The molecular weight excluding hydrogens is 548 g/mol. The van der Waals surface area contributed by atoms with Gasteiger partial charge >= 0.3 is 12.0 Å². The molecule has 1 fully saturated rings. The molecule has 0 aliphatic carbocycles. The van der Waals surface area contributed by atoms with Gasteiger partial charge in [0, 0.05) is 10.6 Å². The summed E-state index contributed by atoms with van der Waals surface area (Å²) in [6, 6.07) is 13.7. The fraction of sp³-hybridized carbons (Fsp3) is 0.161. The van der Waals surface area contributed by atoms with Gasteiger partial charge in [0.1, 0.15) is 12.2 Å². The van der Waals surface area contributed by atoms with Gasteiger partial charge in [-0.25, -0.2) is 14.5 Å². The molecule has 1 aliphatic rings. The number of ether oxygens (including phenoxy) is 2. The normalized spacial score (nSPS) is 14.2. The number of rotatable bonds is 10. The van der Waals surface area contributed by atoms with Crippen molar-refractivity contribution in [2.75, 3.05) is 11.5 Å². The summed E-state index contributed by atoms with van der Waals surface area (Å²) in [6.45, 7) is 7.75. The van der Waals surface area contributed by atoms with Crippen LogP contribution in [0.15, 0.2) is 72.8 Å². The average Bonchev–Trinajstić information content (AvgIpc) is 2.93. The lowest BCUT2D eigenvalue weighted by Crippen LogP contribution is -2.54. The van der Waals surface area contributed by atoms with Crippen LogP contribution in [0, 0.1) is 6.92 Å². The molecule has 0 bridgehead atoms. The number of benzene rings is 3. The molecule has 0 unspecified atom stereocenters. The van der Waals surface area contributed by atoms with Gasteiger partial charge in [-0.05, 0) is 79.4 Å². The predicted octanol–water partition coefficient (Wildman–Crippen LogP) is 5.72. The van der Waals surface area contributed by atoms with Crippen LogP contribution in [0.4, 0.5) is 10.5 Å². The van der Waals surface area contributed by atoms with Crippen molar-refractivity contribution in [3.63, 3.8) is 0 Å². The Morgan fingerprint density at radius 2 is 1.83 bits per heavy atom. The minimum absolute atomic E-state index is 0.140. The van der Waals surface area contributed by atoms with Crippen molar-refractivity contribution in [1.29, 1.82) is 0 Å². The van der Waals surface area contributed by atoms with E-state index in [4.69, 9.17) is 26.2 Å². The van der Waals surface area contributed by atoms with Crippen LogP contribution < -0.4 is 19.7 Å². The molecule has 3 aromatic rings. The second-order valence-corrected chi connectivity index (χ2v) is 9.47. The highest BCUT2D eigenvalue weighted by atomic mass is 35.5. The minimum atomic E-state index is -1.02. The number of carboxylic acid groups (broad SMARTS) is 1. The molecule has 0 aromatic heterocycles. The topological polar surface area (TPSA) is 122 Å². The first-order chi connectivity index (χ1) is 19.6. The van der Waals surface area contributed by atoms with Crippen molar-refractivity contribution in [3.05, 3.63) is 106 Å². The number of carbonyl (C=O) groups is 4. The molecule has 10 heteroatoms. The highest BCUT2D eigenvalue weighted by Gasteiger charge is 2.37. The Bertz CT molecular complexity index is 1580. The lowest BCUT2D eigenvalue weighted by atomic mass is 10.0. The molecule has 4 amide bonds. The Morgan fingerprint density at radius 3 is 2.49 bits per heavy atom. The Kier molecular flexibility index (Phi) is 8.89. The number of carboxylic acids is 1. The Balaban J connectivity index is 1.71. The largest absolute Gasteiger partial charge is 0.490 e. The first-order valence-electron chi connectivity index (χ1n) is 12.7. The third-order valence-electron chi connectivity index (χ3n) is 6.29. The summed E-state index contributed by atoms with van der Waals surface area (Å²) >= 11 is 6.21. The Hall–Kier alpha value is -4.89. The van der Waals surface area contributed by atoms with E-state index in [0.717, 1.165) is 10.5 Å². The molecule has 0 atom stereocenters. The predicted molar refractivity (Wildman–Crippen MR) is 154 cm³/mol. The number of allylic oxidation sites excluding steroid dienone is 1. The van der Waals surface area contributed by atoms with Gasteiger partial charge in [-0.1, -0.05) is 35.9 Å². The number of halogens is 1. The number of amides is 4. The van der Waals surface area contributed by atoms with E-state index in [2.05, 4.69) is 11.9 Å². The summed E-state index contributed by atoms with van der Waals surface area (Å²) < 4.78 is 12.0. The van der Waals surface area contributed by atoms with Gasteiger partial charge in [-0.3, -0.25) is 14.9 Å². The van der Waals surface area contributed by atoms with Crippen molar-refractivity contribution < 1.29 is 33.8 Å². The maximum absolute atomic E-state index is 13.5. The van der Waals surface area contributed by atoms with Gasteiger partial charge in [-0.2, -0.15) is 0 Å². The van der Waals surface area contributed by atoms with E-state index in [1.54, 1.807) is 55.5 Å². The molecule has 4 rings (SSSR count). The van der Waals surface area contributed by atoms with Crippen LogP contribution in [-0.4, -0.2) is 35.5 Å². The highest BCUT2D eigenvalue weighted by molar-refractivity contribution is 6.40. The lowest BCUT2D eigenvalue weighted by molar-refractivity contribution is -0.122. The highest BCUT2D eigenvalue weighted by Crippen LogP contribution is 2.36. The first-order valence-corrected chi connectivity index (χ1v) is 13.0. The minimum Gasteiger partial charge on any atom is -0.490 e. The number of nitrogens with one attached hydrogen (secondary N) is 1. The van der Waals surface area contributed by atoms with E-state index >= 15 is 0 Å². The number of hydrogen-bond donors (Lipinski definition) is 2. The zero-order valence-corrected chi connectivity index (χ0v) is 23.2. The van der Waals surface area contributed by atoms with E-state index in [-0.39, 0.29) is 23.4 Å². The summed E-state index contributed by atoms with van der Waals surface area (Å²) in [6.07, 6.45) is 3.45. The van der Waals surface area contributed by atoms with Crippen LogP contribution in [0.25, 0.3) is 6.08 Å². The molecule has 1 aliphatic heterocycles. The maximum atomic E-state index is 13.5. The molecular formula is C31H27ClN2O7. The fourth-order valence-corrected chi connectivity index (χ4v) is 4.45. The Labute approximate surface area is 241 Å². The zero-order valence-electron chi connectivity index (χ0n) is 22.4. The van der Waals surface area contributed by atoms with Crippen LogP contribution in [0.5, 0.6) is 11.5 Å². The number of aromatic carboxylic acids is 1. The number of nitrogens with zero attached hydrogens (tertiary/aromatic N) is 1. The number of barbiturate groups is 1. The van der Waals surface area contributed by atoms with Crippen LogP contribution in [0.1, 0.15) is 39.5 Å². The maximum Gasteiger partial charge on any atom is 0.335 e. The van der Waals surface area contributed by atoms with Crippen molar-refractivity contribution >= 4 is 47.2 Å². The number of carbonyl (C=O) groups excluding carboxylic acids is 3. The molecule has 0 saturated carbocycles. The summed E-state index contributed by atoms with van der Waals surface area (Å²) in [4.78, 5) is 50.9. The van der Waals surface area contributed by atoms with Crippen LogP contribution in [0.3, 0.4) is 0 Å². The second-order valence-electron chi connectivity index (χ2n) is 9.07. The zero-order chi connectivity index (χ0) is 29.7. The smallest absolute Gasteiger partial charge is 0.335 e. The van der Waals surface area contributed by atoms with Gasteiger partial charge in [0.2, 0.25) is 0 Å². The van der Waals surface area contributed by atoms with Gasteiger partial charge < -0.3 is 14.6 Å². The molecule has 1 saturated heterocycles. The van der Waals surface area contributed by atoms with Crippen molar-refractivity contribution in [1.82, 2.24) is 5.32 Å². The third-order valence-corrected chi connectivity index (χ3v) is 6.70. The number of imide groups is 2. The molecule has 0 radical (unpaired) electrons. The van der Waals surface area contributed by atoms with E-state index in [0.29, 0.717) is 46.2 Å². The number of urea groups is 1. The summed E-state index contributed by atoms with van der Waals surface area (Å²) in [5.74, 6) is -1.82. The summed E-state index contributed by atoms with van der Waals surface area (Å²) in [5.41, 5.74) is 2.60. The van der Waals surface area contributed by atoms with Crippen molar-refractivity contribution in [2.24, 2.45) is 0 Å². The molecule has 0 spiro atoms. The SMILES string of the molecule is C=CCc1cc(/C=C2\C(=O)NC(=O)N(c3cccc(Cl)c3C)C2=O)cc(OCC)c1OCc1ccc(C(=O)O)cc1. The van der Waals surface area contributed by atoms with E-state index in [1.165, 1.54) is 18.2 Å². The standard InChI is InChI=1S/C31H27ClN2O7/c1-4-7-22-14-20(16-26(40-5-2)27(22)41-17-19-10-12-21(13-11-19)30(37)38)15-23-28(35)33-31(39)34(29(23)36)25-9-6-8-24(32)18(25)3/h4,6,8-16H,1,5,7,17H2,2-3H3,(H,37,38)(H,33,35,39)/b23-15+. The van der Waals surface area contributed by atoms with Gasteiger partial charge in [0.05, 0.1) is 17.9 Å². The molecule has 2 N–H and O–H groups in total. The van der Waals surface area contributed by atoms with E-state index in [1.807, 2.05) is 6.92 Å². The second kappa shape index (κ2) is 12.5. The van der Waals surface area contributed by atoms with Gasteiger partial charge in [-0.15, -0.1) is 6.58 Å². The summed E-state index contributed by atoms with van der Waals surface area (Å²) in [7, 11) is 0. The molecule has 1 heterocycles. The first kappa shape index (κ1) is 29.1. The molecule has 210 valence electrons. The fourth-order valence-electron chi connectivity index (χ4n) is 4.28. The van der Waals surface area contributed by atoms with E-state index < -0.39 is 23.8 Å². The summed E-state index contributed by atoms with van der Waals surface area (Å²) in [5, 5.41) is 11.7.